The Morgan fingerprint density at radius 2 is 1.92 bits per heavy atom. The van der Waals surface area contributed by atoms with Crippen molar-refractivity contribution in [1.82, 2.24) is 19.6 Å². The van der Waals surface area contributed by atoms with E-state index in [0.717, 1.165) is 43.1 Å². The Morgan fingerprint density at radius 1 is 1.15 bits per heavy atom. The summed E-state index contributed by atoms with van der Waals surface area (Å²) in [6, 6.07) is 11.9. The van der Waals surface area contributed by atoms with Gasteiger partial charge >= 0.3 is 0 Å². The van der Waals surface area contributed by atoms with Crippen LogP contribution in [0.4, 0.5) is 0 Å². The highest BCUT2D eigenvalue weighted by atomic mass is 35.5. The minimum Gasteiger partial charge on any atom is -0.349 e. The average Bonchev–Trinajstić information content (AvgIpc) is 3.13. The molecular weight excluding hydrogens is 348 g/mol. The molecule has 1 saturated heterocycles. The van der Waals surface area contributed by atoms with Gasteiger partial charge < -0.3 is 9.72 Å². The lowest BCUT2D eigenvalue weighted by molar-refractivity contribution is 0.0908. The molecule has 5 nitrogen and oxygen atoms in total. The number of halogens is 1. The lowest BCUT2D eigenvalue weighted by atomic mass is 10.0. The molecule has 2 aromatic heterocycles. The Labute approximate surface area is 157 Å². The van der Waals surface area contributed by atoms with Gasteiger partial charge in [0.2, 0.25) is 0 Å². The fraction of sp³-hybridized carbons (Fsp3) is 0.300. The lowest BCUT2D eigenvalue weighted by Crippen LogP contribution is -2.44. The number of hydrogen-bond donors (Lipinski definition) is 1. The predicted molar refractivity (Wildman–Crippen MR) is 102 cm³/mol. The number of likely N-dealkylation sites (tertiary alicyclic amines) is 1. The number of fused-ring (bicyclic) bond motifs is 1. The van der Waals surface area contributed by atoms with E-state index in [1.54, 1.807) is 6.20 Å². The molecule has 0 saturated carbocycles. The maximum absolute atomic E-state index is 12.5. The van der Waals surface area contributed by atoms with Crippen LogP contribution in [0.25, 0.3) is 5.65 Å². The molecule has 1 aliphatic heterocycles. The van der Waals surface area contributed by atoms with E-state index >= 15 is 0 Å². The zero-order valence-electron chi connectivity index (χ0n) is 14.4. The third-order valence-corrected chi connectivity index (χ3v) is 5.15. The van der Waals surface area contributed by atoms with E-state index in [0.29, 0.717) is 5.56 Å². The molecule has 3 aromatic rings. The summed E-state index contributed by atoms with van der Waals surface area (Å²) in [5.41, 5.74) is 2.78. The zero-order chi connectivity index (χ0) is 17.9. The minimum atomic E-state index is -0.0169. The van der Waals surface area contributed by atoms with Crippen LogP contribution < -0.4 is 5.32 Å². The second-order valence-corrected chi connectivity index (χ2v) is 7.20. The molecule has 3 heterocycles. The van der Waals surface area contributed by atoms with Crippen LogP contribution >= 0.6 is 11.6 Å². The maximum atomic E-state index is 12.5. The number of carbonyl (C=O) groups excluding carboxylic acids is 1. The van der Waals surface area contributed by atoms with Gasteiger partial charge in [0.15, 0.2) is 0 Å². The number of imidazole rings is 1. The van der Waals surface area contributed by atoms with Crippen molar-refractivity contribution in [2.24, 2.45) is 0 Å². The van der Waals surface area contributed by atoms with Crippen molar-refractivity contribution < 1.29 is 4.79 Å². The van der Waals surface area contributed by atoms with Crippen molar-refractivity contribution in [2.45, 2.75) is 25.4 Å². The summed E-state index contributed by atoms with van der Waals surface area (Å²) >= 11 is 5.94. The van der Waals surface area contributed by atoms with Gasteiger partial charge in [-0.1, -0.05) is 23.7 Å². The number of nitrogens with one attached hydrogen (secondary N) is 1. The van der Waals surface area contributed by atoms with E-state index in [1.807, 2.05) is 41.1 Å². The topological polar surface area (TPSA) is 49.6 Å². The van der Waals surface area contributed by atoms with Crippen LogP contribution in [0, 0.1) is 0 Å². The maximum Gasteiger partial charge on any atom is 0.252 e. The summed E-state index contributed by atoms with van der Waals surface area (Å²) in [5, 5.41) is 3.93. The standard InChI is InChI=1S/C20H21ClN4O/c21-17-4-1-15(2-5-17)13-24-10-7-18(8-11-24)23-20(26)16-3-6-19-22-9-12-25(19)14-16/h1-6,9,12,14,18H,7-8,10-11,13H2,(H,23,26). The van der Waals surface area contributed by atoms with E-state index in [4.69, 9.17) is 11.6 Å². The molecule has 4 rings (SSSR count). The van der Waals surface area contributed by atoms with Gasteiger partial charge in [-0.25, -0.2) is 4.98 Å². The molecule has 1 amide bonds. The molecule has 0 radical (unpaired) electrons. The fourth-order valence-electron chi connectivity index (χ4n) is 3.41. The second-order valence-electron chi connectivity index (χ2n) is 6.76. The van der Waals surface area contributed by atoms with Crippen LogP contribution in [-0.2, 0) is 6.54 Å². The van der Waals surface area contributed by atoms with Crippen LogP contribution in [0.2, 0.25) is 5.02 Å². The van der Waals surface area contributed by atoms with Gasteiger partial charge in [0.25, 0.3) is 5.91 Å². The Morgan fingerprint density at radius 3 is 2.69 bits per heavy atom. The van der Waals surface area contributed by atoms with Gasteiger partial charge in [-0.15, -0.1) is 0 Å². The fourth-order valence-corrected chi connectivity index (χ4v) is 3.53. The number of nitrogens with zero attached hydrogens (tertiary/aromatic N) is 3. The van der Waals surface area contributed by atoms with Gasteiger partial charge in [-0.05, 0) is 42.7 Å². The first-order valence-electron chi connectivity index (χ1n) is 8.88. The first kappa shape index (κ1) is 17.1. The van der Waals surface area contributed by atoms with Gasteiger partial charge in [0, 0.05) is 49.3 Å². The SMILES string of the molecule is O=C(NC1CCN(Cc2ccc(Cl)cc2)CC1)c1ccc2nccn2c1. The Bertz CT molecular complexity index is 898. The molecule has 1 fully saturated rings. The molecule has 0 bridgehead atoms. The van der Waals surface area contributed by atoms with Gasteiger partial charge in [0.05, 0.1) is 5.56 Å². The number of pyridine rings is 1. The lowest BCUT2D eigenvalue weighted by Gasteiger charge is -2.32. The van der Waals surface area contributed by atoms with Crippen molar-refractivity contribution in [1.29, 1.82) is 0 Å². The summed E-state index contributed by atoms with van der Waals surface area (Å²) < 4.78 is 1.86. The number of rotatable bonds is 4. The molecule has 0 spiro atoms. The second kappa shape index (κ2) is 7.48. The molecule has 0 unspecified atom stereocenters. The highest BCUT2D eigenvalue weighted by Gasteiger charge is 2.21. The Balaban J connectivity index is 1.30. The minimum absolute atomic E-state index is 0.0169. The van der Waals surface area contributed by atoms with Crippen LogP contribution in [0.1, 0.15) is 28.8 Å². The number of piperidine rings is 1. The van der Waals surface area contributed by atoms with Crippen molar-refractivity contribution in [2.75, 3.05) is 13.1 Å². The smallest absolute Gasteiger partial charge is 0.252 e. The van der Waals surface area contributed by atoms with Gasteiger partial charge in [-0.3, -0.25) is 9.69 Å². The molecule has 1 N–H and O–H groups in total. The highest BCUT2D eigenvalue weighted by molar-refractivity contribution is 6.30. The summed E-state index contributed by atoms with van der Waals surface area (Å²) in [4.78, 5) is 19.1. The monoisotopic (exact) mass is 368 g/mol. The highest BCUT2D eigenvalue weighted by Crippen LogP contribution is 2.16. The van der Waals surface area contributed by atoms with Crippen molar-refractivity contribution in [3.8, 4) is 0 Å². The molecule has 0 atom stereocenters. The number of hydrogen-bond acceptors (Lipinski definition) is 3. The first-order valence-corrected chi connectivity index (χ1v) is 9.25. The zero-order valence-corrected chi connectivity index (χ0v) is 15.2. The summed E-state index contributed by atoms with van der Waals surface area (Å²) in [5.74, 6) is -0.0169. The molecule has 6 heteroatoms. The van der Waals surface area contributed by atoms with E-state index in [-0.39, 0.29) is 11.9 Å². The third kappa shape index (κ3) is 3.89. The molecule has 1 aromatic carbocycles. The van der Waals surface area contributed by atoms with Gasteiger partial charge in [-0.2, -0.15) is 0 Å². The van der Waals surface area contributed by atoms with Crippen LogP contribution in [0.3, 0.4) is 0 Å². The third-order valence-electron chi connectivity index (χ3n) is 4.89. The quantitative estimate of drug-likeness (QED) is 0.768. The average molecular weight is 369 g/mol. The van der Waals surface area contributed by atoms with Crippen molar-refractivity contribution >= 4 is 23.2 Å². The van der Waals surface area contributed by atoms with Crippen LogP contribution in [0.5, 0.6) is 0 Å². The van der Waals surface area contributed by atoms with E-state index < -0.39 is 0 Å². The number of benzene rings is 1. The Hall–Kier alpha value is -2.37. The predicted octanol–water partition coefficient (Wildman–Crippen LogP) is 3.38. The van der Waals surface area contributed by atoms with Crippen LogP contribution in [0.15, 0.2) is 55.0 Å². The van der Waals surface area contributed by atoms with E-state index in [1.165, 1.54) is 5.56 Å². The molecule has 26 heavy (non-hydrogen) atoms. The number of amides is 1. The largest absolute Gasteiger partial charge is 0.349 e. The molecule has 0 aliphatic carbocycles. The summed E-state index contributed by atoms with van der Waals surface area (Å²) in [6.07, 6.45) is 7.33. The van der Waals surface area contributed by atoms with E-state index in [9.17, 15) is 4.79 Å². The number of carbonyl (C=O) groups is 1. The first-order chi connectivity index (χ1) is 12.7. The summed E-state index contributed by atoms with van der Waals surface area (Å²) in [7, 11) is 0. The summed E-state index contributed by atoms with van der Waals surface area (Å²) in [6.45, 7) is 2.89. The Kier molecular flexibility index (Phi) is 4.91. The molecular formula is C20H21ClN4O. The molecule has 1 aliphatic rings. The van der Waals surface area contributed by atoms with Crippen molar-refractivity contribution in [3.63, 3.8) is 0 Å². The molecule has 134 valence electrons. The number of aromatic nitrogens is 2. The van der Waals surface area contributed by atoms with E-state index in [2.05, 4.69) is 27.3 Å². The van der Waals surface area contributed by atoms with Gasteiger partial charge in [0.1, 0.15) is 5.65 Å². The van der Waals surface area contributed by atoms with Crippen LogP contribution in [-0.4, -0.2) is 39.3 Å². The van der Waals surface area contributed by atoms with Crippen molar-refractivity contribution in [3.05, 3.63) is 71.1 Å². The normalized spacial score (nSPS) is 16.0.